The summed E-state index contributed by atoms with van der Waals surface area (Å²) >= 11 is 0. The number of carbonyl (C=O) groups is 1. The monoisotopic (exact) mass is 364 g/mol. The molecule has 7 heteroatoms. The number of hydrogen-bond acceptors (Lipinski definition) is 4. The van der Waals surface area contributed by atoms with E-state index in [1.54, 1.807) is 18.3 Å². The molecule has 0 bridgehead atoms. The first kappa shape index (κ1) is 20.6. The molecule has 0 aliphatic carbocycles. The number of pyridine rings is 1. The highest BCUT2D eigenvalue weighted by atomic mass is 32.2. The van der Waals surface area contributed by atoms with Crippen molar-refractivity contribution in [2.24, 2.45) is 0 Å². The van der Waals surface area contributed by atoms with E-state index in [4.69, 9.17) is 9.84 Å². The number of methoxy groups -OCH3 is 1. The maximum Gasteiger partial charge on any atom is 0.335 e. The molecule has 2 N–H and O–H groups in total. The second-order valence-electron chi connectivity index (χ2n) is 5.18. The van der Waals surface area contributed by atoms with Gasteiger partial charge in [0.25, 0.3) is 0 Å². The van der Waals surface area contributed by atoms with Gasteiger partial charge in [0, 0.05) is 6.20 Å². The number of anilines is 1. The molecule has 2 rings (SSSR count). The molecule has 0 saturated carbocycles. The van der Waals surface area contributed by atoms with E-state index in [-0.39, 0.29) is 11.5 Å². The molecule has 1 atom stereocenters. The second kappa shape index (κ2) is 9.78. The summed E-state index contributed by atoms with van der Waals surface area (Å²) in [5.74, 6) is -0.472. The minimum absolute atomic E-state index is 0.0821. The highest BCUT2D eigenvalue weighted by Crippen LogP contribution is 2.27. The zero-order valence-electron chi connectivity index (χ0n) is 15.1. The van der Waals surface area contributed by atoms with Gasteiger partial charge >= 0.3 is 5.97 Å². The van der Waals surface area contributed by atoms with Crippen LogP contribution in [0, 0.1) is 0 Å². The van der Waals surface area contributed by atoms with Gasteiger partial charge in [0.1, 0.15) is 16.7 Å². The van der Waals surface area contributed by atoms with Gasteiger partial charge in [0.15, 0.2) is 0 Å². The van der Waals surface area contributed by atoms with Crippen LogP contribution in [0.4, 0.5) is 5.69 Å². The standard InChI is InChI=1S/C16H18N2O4S.C2H6/c1-10(2)12-8-14(15(22-3)17-9-12)18-23(21)13-6-4-5-11(7-13)16(19)20;1-2/h4-10,18H,1-3H3,(H,19,20);1-2H3. The van der Waals surface area contributed by atoms with Gasteiger partial charge in [-0.2, -0.15) is 0 Å². The molecular formula is C18H24N2O4S. The first-order valence-electron chi connectivity index (χ1n) is 7.98. The summed E-state index contributed by atoms with van der Waals surface area (Å²) in [4.78, 5) is 15.6. The average molecular weight is 364 g/mol. The summed E-state index contributed by atoms with van der Waals surface area (Å²) in [6, 6.07) is 7.80. The summed E-state index contributed by atoms with van der Waals surface area (Å²) < 4.78 is 20.5. The number of nitrogens with one attached hydrogen (secondary N) is 1. The van der Waals surface area contributed by atoms with Crippen molar-refractivity contribution in [1.29, 1.82) is 0 Å². The predicted octanol–water partition coefficient (Wildman–Crippen LogP) is 4.07. The fourth-order valence-electron chi connectivity index (χ4n) is 1.92. The Labute approximate surface area is 150 Å². The van der Waals surface area contributed by atoms with Crippen molar-refractivity contribution in [1.82, 2.24) is 4.98 Å². The lowest BCUT2D eigenvalue weighted by Gasteiger charge is -2.13. The van der Waals surface area contributed by atoms with Crippen LogP contribution in [0.25, 0.3) is 0 Å². The molecule has 1 aromatic heterocycles. The van der Waals surface area contributed by atoms with Crippen molar-refractivity contribution in [3.05, 3.63) is 47.7 Å². The lowest BCUT2D eigenvalue weighted by atomic mass is 10.1. The molecule has 2 aromatic rings. The smallest absolute Gasteiger partial charge is 0.335 e. The van der Waals surface area contributed by atoms with Crippen molar-refractivity contribution in [2.45, 2.75) is 38.5 Å². The topological polar surface area (TPSA) is 88.5 Å². The Morgan fingerprint density at radius 2 is 1.96 bits per heavy atom. The van der Waals surface area contributed by atoms with E-state index in [0.717, 1.165) is 5.56 Å². The number of ether oxygens (including phenoxy) is 1. The largest absolute Gasteiger partial charge is 0.480 e. The maximum atomic E-state index is 12.5. The van der Waals surface area contributed by atoms with Gasteiger partial charge < -0.3 is 9.84 Å². The fraction of sp³-hybridized carbons (Fsp3) is 0.333. The molecule has 0 amide bonds. The fourth-order valence-corrected chi connectivity index (χ4v) is 2.82. The summed E-state index contributed by atoms with van der Waals surface area (Å²) in [6.45, 7) is 8.06. The van der Waals surface area contributed by atoms with E-state index in [9.17, 15) is 9.00 Å². The molecule has 0 saturated heterocycles. The van der Waals surface area contributed by atoms with Crippen LogP contribution in [-0.2, 0) is 11.0 Å². The first-order chi connectivity index (χ1) is 11.9. The molecule has 0 aliphatic rings. The summed E-state index contributed by atoms with van der Waals surface area (Å²) in [7, 11) is -0.145. The number of hydrogen-bond donors (Lipinski definition) is 2. The van der Waals surface area contributed by atoms with Crippen LogP contribution in [-0.4, -0.2) is 27.4 Å². The summed E-state index contributed by atoms with van der Waals surface area (Å²) in [6.07, 6.45) is 1.71. The van der Waals surface area contributed by atoms with E-state index in [1.165, 1.54) is 19.2 Å². The maximum absolute atomic E-state index is 12.5. The SMILES string of the molecule is CC.COc1ncc(C(C)C)cc1NS(=O)c1cccc(C(=O)O)c1. The van der Waals surface area contributed by atoms with Crippen LogP contribution in [0.1, 0.15) is 49.5 Å². The van der Waals surface area contributed by atoms with Gasteiger partial charge in [-0.1, -0.05) is 33.8 Å². The number of carboxylic acid groups (broad SMARTS) is 1. The minimum atomic E-state index is -1.63. The number of carboxylic acids is 1. The highest BCUT2D eigenvalue weighted by molar-refractivity contribution is 7.86. The Morgan fingerprint density at radius 3 is 2.52 bits per heavy atom. The number of rotatable bonds is 6. The van der Waals surface area contributed by atoms with Crippen LogP contribution in [0.2, 0.25) is 0 Å². The van der Waals surface area contributed by atoms with Crippen LogP contribution in [0.15, 0.2) is 41.4 Å². The second-order valence-corrected chi connectivity index (χ2v) is 6.40. The van der Waals surface area contributed by atoms with E-state index >= 15 is 0 Å². The van der Waals surface area contributed by atoms with Gasteiger partial charge in [-0.05, 0) is 35.7 Å². The van der Waals surface area contributed by atoms with Gasteiger partial charge in [-0.15, -0.1) is 0 Å². The Kier molecular flexibility index (Phi) is 8.07. The van der Waals surface area contributed by atoms with Crippen LogP contribution in [0.3, 0.4) is 0 Å². The number of nitrogens with zero attached hydrogens (tertiary/aromatic N) is 1. The third kappa shape index (κ3) is 5.56. The number of aromatic carboxylic acids is 1. The summed E-state index contributed by atoms with van der Waals surface area (Å²) in [5.41, 5.74) is 1.56. The molecule has 6 nitrogen and oxygen atoms in total. The predicted molar refractivity (Wildman–Crippen MR) is 99.7 cm³/mol. The van der Waals surface area contributed by atoms with Crippen molar-refractivity contribution in [2.75, 3.05) is 11.8 Å². The first-order valence-corrected chi connectivity index (χ1v) is 9.13. The zero-order valence-corrected chi connectivity index (χ0v) is 15.9. The normalized spacial score (nSPS) is 11.3. The van der Waals surface area contributed by atoms with Gasteiger partial charge in [0.2, 0.25) is 5.88 Å². The van der Waals surface area contributed by atoms with Gasteiger partial charge in [0.05, 0.1) is 17.6 Å². The number of aromatic nitrogens is 1. The molecule has 0 radical (unpaired) electrons. The van der Waals surface area contributed by atoms with Crippen LogP contribution >= 0.6 is 0 Å². The lowest BCUT2D eigenvalue weighted by Crippen LogP contribution is -2.08. The van der Waals surface area contributed by atoms with Crippen LogP contribution in [0.5, 0.6) is 5.88 Å². The van der Waals surface area contributed by atoms with Crippen molar-refractivity contribution in [3.63, 3.8) is 0 Å². The Hall–Kier alpha value is -2.41. The zero-order chi connectivity index (χ0) is 19.0. The molecule has 0 fully saturated rings. The van der Waals surface area contributed by atoms with Gasteiger partial charge in [-0.3, -0.25) is 4.72 Å². The summed E-state index contributed by atoms with van der Waals surface area (Å²) in [5, 5.41) is 9.01. The van der Waals surface area contributed by atoms with Crippen molar-refractivity contribution < 1.29 is 18.8 Å². The Morgan fingerprint density at radius 1 is 1.28 bits per heavy atom. The average Bonchev–Trinajstić information content (AvgIpc) is 2.63. The molecule has 136 valence electrons. The third-order valence-corrected chi connectivity index (χ3v) is 4.32. The van der Waals surface area contributed by atoms with Gasteiger partial charge in [-0.25, -0.2) is 14.0 Å². The van der Waals surface area contributed by atoms with E-state index in [0.29, 0.717) is 16.5 Å². The van der Waals surface area contributed by atoms with E-state index in [2.05, 4.69) is 9.71 Å². The van der Waals surface area contributed by atoms with Crippen molar-refractivity contribution >= 4 is 22.6 Å². The molecule has 0 aliphatic heterocycles. The van der Waals surface area contributed by atoms with E-state index in [1.807, 2.05) is 33.8 Å². The molecular weight excluding hydrogens is 340 g/mol. The molecule has 1 aromatic carbocycles. The lowest BCUT2D eigenvalue weighted by molar-refractivity contribution is 0.0696. The third-order valence-electron chi connectivity index (χ3n) is 3.23. The highest BCUT2D eigenvalue weighted by Gasteiger charge is 2.13. The molecule has 25 heavy (non-hydrogen) atoms. The quantitative estimate of drug-likeness (QED) is 0.806. The Bertz CT molecular complexity index is 748. The van der Waals surface area contributed by atoms with E-state index < -0.39 is 17.0 Å². The molecule has 1 heterocycles. The molecule has 1 unspecified atom stereocenters. The number of benzene rings is 1. The Balaban J connectivity index is 0.00000151. The van der Waals surface area contributed by atoms with Crippen LogP contribution < -0.4 is 9.46 Å². The minimum Gasteiger partial charge on any atom is -0.480 e. The molecule has 0 spiro atoms. The van der Waals surface area contributed by atoms with Crippen molar-refractivity contribution in [3.8, 4) is 5.88 Å².